The summed E-state index contributed by atoms with van der Waals surface area (Å²) in [5.41, 5.74) is 0. The van der Waals surface area contributed by atoms with E-state index >= 15 is 0 Å². The molecule has 0 amide bonds. The van der Waals surface area contributed by atoms with Crippen LogP contribution in [-0.2, 0) is 0 Å². The number of hydrogen-bond acceptors (Lipinski definition) is 0. The Kier molecular flexibility index (Phi) is 249. The minimum absolute atomic E-state index is 0. The third-order valence-corrected chi connectivity index (χ3v) is 0. The largest absolute Gasteiger partial charge is 1.00 e. The summed E-state index contributed by atoms with van der Waals surface area (Å²) < 4.78 is 0. The Morgan fingerprint density at radius 2 is 1.00 bits per heavy atom. The third kappa shape index (κ3) is 19.6. The van der Waals surface area contributed by atoms with Crippen LogP contribution >= 0.6 is 0 Å². The van der Waals surface area contributed by atoms with Crippen LogP contribution in [0.2, 0.25) is 0 Å². The molecule has 0 nitrogen and oxygen atoms in total. The summed E-state index contributed by atoms with van der Waals surface area (Å²) in [5, 5.41) is 0. The molecule has 0 saturated heterocycles. The first-order chi connectivity index (χ1) is 0. The zero-order valence-electron chi connectivity index (χ0n) is 4.38. The van der Waals surface area contributed by atoms with Crippen molar-refractivity contribution < 1.29 is 91.8 Å². The smallest absolute Gasteiger partial charge is 1.00 e. The third-order valence-electron chi connectivity index (χ3n) is 0. The van der Waals surface area contributed by atoms with Gasteiger partial charge in [-0.3, -0.25) is 0 Å². The van der Waals surface area contributed by atoms with Gasteiger partial charge in [0.1, 0.15) is 0 Å². The average molecular weight is 104 g/mol. The van der Waals surface area contributed by atoms with Gasteiger partial charge in [-0.2, -0.15) is 0 Å². The maximum absolute atomic E-state index is 0. The van der Waals surface area contributed by atoms with E-state index in [9.17, 15) is 0 Å². The van der Waals surface area contributed by atoms with E-state index in [1.807, 2.05) is 0 Å². The molecule has 0 aliphatic carbocycles. The molecule has 0 aromatic heterocycles. The van der Waals surface area contributed by atoms with Gasteiger partial charge >= 0.3 is 78.0 Å². The van der Waals surface area contributed by atoms with Gasteiger partial charge in [-0.1, -0.05) is 8.41 Å². The fourth-order valence-corrected chi connectivity index (χ4v) is 0. The van der Waals surface area contributed by atoms with Crippen molar-refractivity contribution in [1.82, 2.24) is 0 Å². The van der Waals surface area contributed by atoms with Gasteiger partial charge in [0, 0.05) is 0 Å². The molecule has 0 atom stereocenters. The summed E-state index contributed by atoms with van der Waals surface area (Å²) in [7, 11) is 0. The van der Waals surface area contributed by atoms with Crippen LogP contribution in [0.25, 0.3) is 0 Å². The molecule has 0 aromatic carbocycles. The molecule has 0 aromatic rings. The normalized spacial score (nSPS) is 0. The summed E-state index contributed by atoms with van der Waals surface area (Å²) in [6, 6.07) is 0. The molecular weight excluding hydrogens is 99.2 g/mol. The quantitative estimate of drug-likeness (QED) is 0.268. The van der Waals surface area contributed by atoms with Gasteiger partial charge in [-0.25, -0.2) is 0 Å². The topological polar surface area (TPSA) is 0 Å². The molecule has 0 heterocycles. The Morgan fingerprint density at radius 3 is 1.00 bits per heavy atom. The SMILES string of the molecule is [BH4-].[Cl-].[H-].[Li+].[Na+].[Na+]. The summed E-state index contributed by atoms with van der Waals surface area (Å²) in [5.74, 6) is 0. The molecule has 0 N–H and O–H groups in total. The number of rotatable bonds is 0. The standard InChI is InChI=1S/BH4.ClH.Li.2Na.H/h1H4;1H;;;;/q-1;;3*+1;-1/p-1. The molecule has 5 heavy (non-hydrogen) atoms. The van der Waals surface area contributed by atoms with Crippen molar-refractivity contribution in [2.24, 2.45) is 0 Å². The first-order valence-electron chi connectivity index (χ1n) is 0. The Hall–Kier alpha value is 2.95. The van der Waals surface area contributed by atoms with Crippen LogP contribution in [0, 0.1) is 0 Å². The Labute approximate surface area is 98.5 Å². The second-order valence-electron chi connectivity index (χ2n) is 0. The first-order valence-corrected chi connectivity index (χ1v) is 0. The van der Waals surface area contributed by atoms with Crippen LogP contribution in [-0.4, -0.2) is 8.41 Å². The molecule has 18 valence electrons. The average Bonchev–Trinajstić information content (AvgIpc) is 0. The second kappa shape index (κ2) is 28.3. The molecule has 0 saturated carbocycles. The van der Waals surface area contributed by atoms with E-state index in [-0.39, 0.29) is 100 Å². The predicted octanol–water partition coefficient (Wildman–Crippen LogP) is -13.3. The van der Waals surface area contributed by atoms with Crippen molar-refractivity contribution in [3.05, 3.63) is 0 Å². The maximum Gasteiger partial charge on any atom is 1.00 e. The van der Waals surface area contributed by atoms with Gasteiger partial charge in [-0.15, -0.1) is 0 Å². The van der Waals surface area contributed by atoms with Gasteiger partial charge in [-0.05, 0) is 0 Å². The first kappa shape index (κ1) is 44.1. The van der Waals surface area contributed by atoms with Crippen LogP contribution in [0.1, 0.15) is 1.43 Å². The summed E-state index contributed by atoms with van der Waals surface area (Å²) in [4.78, 5) is 0. The van der Waals surface area contributed by atoms with E-state index in [0.29, 0.717) is 0 Å². The fourth-order valence-electron chi connectivity index (χ4n) is 0. The summed E-state index contributed by atoms with van der Waals surface area (Å²) in [6.07, 6.45) is 0. The molecule has 0 aliphatic rings. The molecule has 0 rings (SSSR count). The van der Waals surface area contributed by atoms with Crippen molar-refractivity contribution in [2.75, 3.05) is 0 Å². The molecule has 0 aliphatic heterocycles. The molecule has 5 heteroatoms. The summed E-state index contributed by atoms with van der Waals surface area (Å²) in [6.45, 7) is 0. The molecular formula is H5BClLiNa2. The van der Waals surface area contributed by atoms with E-state index in [0.717, 1.165) is 0 Å². The second-order valence-corrected chi connectivity index (χ2v) is 0. The van der Waals surface area contributed by atoms with Crippen molar-refractivity contribution in [3.63, 3.8) is 0 Å². The maximum atomic E-state index is 0. The minimum Gasteiger partial charge on any atom is -1.00 e. The zero-order valence-corrected chi connectivity index (χ0v) is 8.13. The Balaban J connectivity index is 0. The van der Waals surface area contributed by atoms with Gasteiger partial charge in [0.05, 0.1) is 0 Å². The number of halogens is 1. The van der Waals surface area contributed by atoms with E-state index in [2.05, 4.69) is 0 Å². The zero-order chi connectivity index (χ0) is 0. The Bertz CT molecular complexity index is 13.5. The Morgan fingerprint density at radius 1 is 1.00 bits per heavy atom. The van der Waals surface area contributed by atoms with Crippen molar-refractivity contribution in [3.8, 4) is 0 Å². The fraction of sp³-hybridized carbons (Fsp3) is 0. The molecule has 0 spiro atoms. The van der Waals surface area contributed by atoms with Gasteiger partial charge in [0.2, 0.25) is 0 Å². The van der Waals surface area contributed by atoms with E-state index in [1.165, 1.54) is 0 Å². The van der Waals surface area contributed by atoms with E-state index < -0.39 is 0 Å². The monoisotopic (exact) mass is 104 g/mol. The molecule has 0 bridgehead atoms. The van der Waals surface area contributed by atoms with Gasteiger partial charge in [0.25, 0.3) is 0 Å². The van der Waals surface area contributed by atoms with Gasteiger partial charge in [0.15, 0.2) is 0 Å². The number of hydrogen-bond donors (Lipinski definition) is 0. The predicted molar refractivity (Wildman–Crippen MR) is 12.4 cm³/mol. The van der Waals surface area contributed by atoms with E-state index in [1.54, 1.807) is 0 Å². The molecule has 0 radical (unpaired) electrons. The van der Waals surface area contributed by atoms with Crippen molar-refractivity contribution >= 4 is 8.41 Å². The summed E-state index contributed by atoms with van der Waals surface area (Å²) >= 11 is 0. The molecule has 0 fully saturated rings. The van der Waals surface area contributed by atoms with E-state index in [4.69, 9.17) is 0 Å². The van der Waals surface area contributed by atoms with Crippen LogP contribution in [0.15, 0.2) is 0 Å². The van der Waals surface area contributed by atoms with Gasteiger partial charge < -0.3 is 13.8 Å². The van der Waals surface area contributed by atoms with Crippen molar-refractivity contribution in [2.45, 2.75) is 0 Å². The van der Waals surface area contributed by atoms with Crippen LogP contribution in [0.3, 0.4) is 0 Å². The van der Waals surface area contributed by atoms with Crippen LogP contribution < -0.4 is 90.4 Å². The van der Waals surface area contributed by atoms with Crippen molar-refractivity contribution in [1.29, 1.82) is 0 Å². The minimum atomic E-state index is 0. The van der Waals surface area contributed by atoms with Crippen LogP contribution in [0.4, 0.5) is 0 Å². The molecule has 0 unspecified atom stereocenters. The van der Waals surface area contributed by atoms with Crippen LogP contribution in [0.5, 0.6) is 0 Å².